The van der Waals surface area contributed by atoms with Gasteiger partial charge in [-0.3, -0.25) is 9.67 Å². The number of aromatic nitrogens is 4. The van der Waals surface area contributed by atoms with Gasteiger partial charge in [0, 0.05) is 23.6 Å². The van der Waals surface area contributed by atoms with Crippen LogP contribution in [0.15, 0.2) is 29.1 Å². The minimum atomic E-state index is -0.680. The summed E-state index contributed by atoms with van der Waals surface area (Å²) >= 11 is 3.38. The number of nitrogens with zero attached hydrogens (tertiary/aromatic N) is 4. The smallest absolute Gasteiger partial charge is 0.138 e. The lowest BCUT2D eigenvalue weighted by Gasteiger charge is -2.11. The Hall–Kier alpha value is -1.27. The molecule has 1 unspecified atom stereocenters. The molecule has 0 saturated carbocycles. The summed E-state index contributed by atoms with van der Waals surface area (Å²) in [6.07, 6.45) is 3.90. The molecule has 0 spiro atoms. The van der Waals surface area contributed by atoms with E-state index in [1.54, 1.807) is 6.20 Å². The molecule has 1 atom stereocenters. The normalized spacial score (nSPS) is 12.6. The second kappa shape index (κ2) is 6.06. The van der Waals surface area contributed by atoms with Crippen LogP contribution in [0.4, 0.5) is 0 Å². The molecular weight excluding hydrogens is 296 g/mol. The van der Waals surface area contributed by atoms with E-state index >= 15 is 0 Å². The van der Waals surface area contributed by atoms with Crippen LogP contribution in [0.5, 0.6) is 0 Å². The average molecular weight is 311 g/mol. The van der Waals surface area contributed by atoms with Gasteiger partial charge < -0.3 is 5.11 Å². The molecule has 1 N–H and O–H groups in total. The van der Waals surface area contributed by atoms with Crippen molar-refractivity contribution in [2.24, 2.45) is 0 Å². The second-order valence-corrected chi connectivity index (χ2v) is 4.84. The molecular formula is C12H15BrN4O. The monoisotopic (exact) mass is 310 g/mol. The van der Waals surface area contributed by atoms with Crippen molar-refractivity contribution in [3.63, 3.8) is 0 Å². The Morgan fingerprint density at radius 2 is 2.28 bits per heavy atom. The summed E-state index contributed by atoms with van der Waals surface area (Å²) in [6.45, 7) is 2.89. The molecule has 2 aromatic heterocycles. The fourth-order valence-corrected chi connectivity index (χ4v) is 2.28. The van der Waals surface area contributed by atoms with Crippen LogP contribution in [0.1, 0.15) is 31.0 Å². The summed E-state index contributed by atoms with van der Waals surface area (Å²) in [4.78, 5) is 8.36. The Labute approximate surface area is 114 Å². The highest BCUT2D eigenvalue weighted by Crippen LogP contribution is 2.23. The van der Waals surface area contributed by atoms with Crippen LogP contribution < -0.4 is 0 Å². The molecule has 0 fully saturated rings. The first-order chi connectivity index (χ1) is 8.72. The molecule has 0 aliphatic carbocycles. The number of aryl methyl sites for hydroxylation is 1. The summed E-state index contributed by atoms with van der Waals surface area (Å²) < 4.78 is 2.62. The van der Waals surface area contributed by atoms with Crippen molar-refractivity contribution in [3.05, 3.63) is 40.6 Å². The lowest BCUT2D eigenvalue weighted by Crippen LogP contribution is -2.11. The van der Waals surface area contributed by atoms with Crippen LogP contribution in [0.2, 0.25) is 0 Å². The third-order valence-corrected chi connectivity index (χ3v) is 3.28. The summed E-state index contributed by atoms with van der Waals surface area (Å²) in [5, 5.41) is 14.3. The number of hydrogen-bond donors (Lipinski definition) is 1. The Morgan fingerprint density at radius 3 is 3.00 bits per heavy atom. The molecule has 5 nitrogen and oxygen atoms in total. The summed E-state index contributed by atoms with van der Waals surface area (Å²) in [7, 11) is 0. The quantitative estimate of drug-likeness (QED) is 0.919. The third-order valence-electron chi connectivity index (χ3n) is 2.61. The summed E-state index contributed by atoms with van der Waals surface area (Å²) in [5.41, 5.74) is 0.628. The van der Waals surface area contributed by atoms with E-state index in [1.807, 2.05) is 16.8 Å². The molecule has 2 heterocycles. The molecule has 0 radical (unpaired) electrons. The van der Waals surface area contributed by atoms with E-state index in [1.165, 1.54) is 6.33 Å². The van der Waals surface area contributed by atoms with Gasteiger partial charge in [-0.05, 0) is 34.5 Å². The molecule has 0 aromatic carbocycles. The van der Waals surface area contributed by atoms with Gasteiger partial charge in [-0.25, -0.2) is 4.98 Å². The van der Waals surface area contributed by atoms with E-state index in [-0.39, 0.29) is 0 Å². The van der Waals surface area contributed by atoms with Crippen LogP contribution in [-0.4, -0.2) is 24.9 Å². The number of rotatable bonds is 5. The second-order valence-electron chi connectivity index (χ2n) is 3.99. The summed E-state index contributed by atoms with van der Waals surface area (Å²) in [5.74, 6) is 0.780. The highest BCUT2D eigenvalue weighted by molar-refractivity contribution is 9.10. The Balaban J connectivity index is 2.14. The predicted octanol–water partition coefficient (Wildman–Crippen LogP) is 2.12. The van der Waals surface area contributed by atoms with E-state index in [9.17, 15) is 5.11 Å². The van der Waals surface area contributed by atoms with E-state index in [2.05, 4.69) is 37.9 Å². The number of pyridine rings is 1. The molecule has 0 bridgehead atoms. The van der Waals surface area contributed by atoms with Crippen LogP contribution >= 0.6 is 15.9 Å². The van der Waals surface area contributed by atoms with Gasteiger partial charge in [0.05, 0.1) is 5.69 Å². The first kappa shape index (κ1) is 13.2. The average Bonchev–Trinajstić information content (AvgIpc) is 2.78. The minimum absolute atomic E-state index is 0.412. The largest absolute Gasteiger partial charge is 0.386 e. The first-order valence-electron chi connectivity index (χ1n) is 5.87. The molecule has 96 valence electrons. The van der Waals surface area contributed by atoms with Crippen LogP contribution in [-0.2, 0) is 13.0 Å². The van der Waals surface area contributed by atoms with Crippen LogP contribution in [0.3, 0.4) is 0 Å². The van der Waals surface area contributed by atoms with Crippen LogP contribution in [0, 0.1) is 0 Å². The topological polar surface area (TPSA) is 63.8 Å². The van der Waals surface area contributed by atoms with Gasteiger partial charge in [0.1, 0.15) is 18.3 Å². The number of hydrogen-bond acceptors (Lipinski definition) is 4. The Kier molecular flexibility index (Phi) is 4.43. The molecule has 2 rings (SSSR count). The van der Waals surface area contributed by atoms with E-state index in [4.69, 9.17) is 0 Å². The molecule has 0 saturated heterocycles. The van der Waals surface area contributed by atoms with Crippen molar-refractivity contribution in [2.75, 3.05) is 0 Å². The Bertz CT molecular complexity index is 514. The van der Waals surface area contributed by atoms with E-state index < -0.39 is 6.10 Å². The molecule has 0 aliphatic rings. The maximum absolute atomic E-state index is 10.2. The highest BCUT2D eigenvalue weighted by Gasteiger charge is 2.16. The number of aliphatic hydroxyl groups excluding tert-OH is 1. The molecule has 2 aromatic rings. The zero-order valence-electron chi connectivity index (χ0n) is 10.1. The van der Waals surface area contributed by atoms with Crippen molar-refractivity contribution < 1.29 is 5.11 Å². The van der Waals surface area contributed by atoms with Gasteiger partial charge >= 0.3 is 0 Å². The number of aliphatic hydroxyl groups is 1. The van der Waals surface area contributed by atoms with E-state index in [0.717, 1.165) is 23.3 Å². The van der Waals surface area contributed by atoms with Gasteiger partial charge in [0.15, 0.2) is 0 Å². The SMILES string of the molecule is CCCn1ncnc1CC(O)c1ncccc1Br. The van der Waals surface area contributed by atoms with Crippen molar-refractivity contribution in [3.8, 4) is 0 Å². The lowest BCUT2D eigenvalue weighted by molar-refractivity contribution is 0.168. The molecule has 0 amide bonds. The minimum Gasteiger partial charge on any atom is -0.386 e. The molecule has 6 heteroatoms. The van der Waals surface area contributed by atoms with Crippen molar-refractivity contribution in [1.29, 1.82) is 0 Å². The predicted molar refractivity (Wildman–Crippen MR) is 70.9 cm³/mol. The van der Waals surface area contributed by atoms with Gasteiger partial charge in [0.25, 0.3) is 0 Å². The fraction of sp³-hybridized carbons (Fsp3) is 0.417. The maximum Gasteiger partial charge on any atom is 0.138 e. The highest BCUT2D eigenvalue weighted by atomic mass is 79.9. The van der Waals surface area contributed by atoms with Crippen LogP contribution in [0.25, 0.3) is 0 Å². The number of halogens is 1. The van der Waals surface area contributed by atoms with Gasteiger partial charge in [0.2, 0.25) is 0 Å². The zero-order chi connectivity index (χ0) is 13.0. The van der Waals surface area contributed by atoms with Gasteiger partial charge in [-0.2, -0.15) is 5.10 Å². The zero-order valence-corrected chi connectivity index (χ0v) is 11.7. The van der Waals surface area contributed by atoms with Crippen molar-refractivity contribution in [1.82, 2.24) is 19.7 Å². The van der Waals surface area contributed by atoms with E-state index in [0.29, 0.717) is 12.1 Å². The molecule has 18 heavy (non-hydrogen) atoms. The van der Waals surface area contributed by atoms with Gasteiger partial charge in [-0.15, -0.1) is 0 Å². The van der Waals surface area contributed by atoms with Gasteiger partial charge in [-0.1, -0.05) is 6.92 Å². The first-order valence-corrected chi connectivity index (χ1v) is 6.66. The standard InChI is InChI=1S/C12H15BrN4O/c1-2-6-17-11(15-8-16-17)7-10(18)12-9(13)4-3-5-14-12/h3-5,8,10,18H,2,6-7H2,1H3. The fourth-order valence-electron chi connectivity index (χ4n) is 1.76. The third kappa shape index (κ3) is 2.94. The van der Waals surface area contributed by atoms with Crippen molar-refractivity contribution >= 4 is 15.9 Å². The molecule has 0 aliphatic heterocycles. The summed E-state index contributed by atoms with van der Waals surface area (Å²) in [6, 6.07) is 3.68. The Morgan fingerprint density at radius 1 is 1.44 bits per heavy atom. The van der Waals surface area contributed by atoms with Crippen molar-refractivity contribution in [2.45, 2.75) is 32.4 Å². The maximum atomic E-state index is 10.2. The lowest BCUT2D eigenvalue weighted by atomic mass is 10.1.